The van der Waals surface area contributed by atoms with Gasteiger partial charge in [-0.05, 0) is 35.9 Å². The van der Waals surface area contributed by atoms with E-state index in [4.69, 9.17) is 4.74 Å². The van der Waals surface area contributed by atoms with E-state index < -0.39 is 0 Å². The highest BCUT2D eigenvalue weighted by Gasteiger charge is 2.19. The summed E-state index contributed by atoms with van der Waals surface area (Å²) >= 11 is 0. The molecule has 1 fully saturated rings. The van der Waals surface area contributed by atoms with Crippen LogP contribution in [0.1, 0.15) is 5.56 Å². The Bertz CT molecular complexity index is 708. The van der Waals surface area contributed by atoms with Crippen molar-refractivity contribution in [3.63, 3.8) is 0 Å². The van der Waals surface area contributed by atoms with Gasteiger partial charge in [-0.2, -0.15) is 0 Å². The van der Waals surface area contributed by atoms with Crippen LogP contribution in [-0.4, -0.2) is 49.1 Å². The summed E-state index contributed by atoms with van der Waals surface area (Å²) in [7, 11) is 1.64. The second-order valence-corrected chi connectivity index (χ2v) is 5.63. The molecular formula is C19H21N3O2. The van der Waals surface area contributed by atoms with Gasteiger partial charge in [0.2, 0.25) is 5.91 Å². The monoisotopic (exact) mass is 323 g/mol. The highest BCUT2D eigenvalue weighted by atomic mass is 16.5. The van der Waals surface area contributed by atoms with Crippen LogP contribution in [0.15, 0.2) is 54.9 Å². The highest BCUT2D eigenvalue weighted by Crippen LogP contribution is 2.16. The number of anilines is 1. The van der Waals surface area contributed by atoms with Gasteiger partial charge in [0.1, 0.15) is 5.75 Å². The van der Waals surface area contributed by atoms with Gasteiger partial charge < -0.3 is 14.5 Å². The van der Waals surface area contributed by atoms with Crippen molar-refractivity contribution in [2.24, 2.45) is 0 Å². The zero-order valence-electron chi connectivity index (χ0n) is 13.8. The van der Waals surface area contributed by atoms with Crippen molar-refractivity contribution in [2.75, 3.05) is 38.2 Å². The van der Waals surface area contributed by atoms with Crippen molar-refractivity contribution < 1.29 is 9.53 Å². The Hall–Kier alpha value is -2.82. The fourth-order valence-electron chi connectivity index (χ4n) is 2.76. The SMILES string of the molecule is COc1cccc(/C=C\C(=O)N2CCN(c3ccncc3)CC2)c1. The predicted octanol–water partition coefficient (Wildman–Crippen LogP) is 2.45. The number of pyridine rings is 1. The molecular weight excluding hydrogens is 302 g/mol. The van der Waals surface area contributed by atoms with E-state index >= 15 is 0 Å². The number of amides is 1. The van der Waals surface area contributed by atoms with Gasteiger partial charge in [-0.25, -0.2) is 0 Å². The summed E-state index contributed by atoms with van der Waals surface area (Å²) in [4.78, 5) is 20.5. The second kappa shape index (κ2) is 7.64. The summed E-state index contributed by atoms with van der Waals surface area (Å²) in [6.45, 7) is 3.12. The summed E-state index contributed by atoms with van der Waals surface area (Å²) in [5.41, 5.74) is 2.11. The van der Waals surface area contributed by atoms with Crippen molar-refractivity contribution >= 4 is 17.7 Å². The Morgan fingerprint density at radius 1 is 1.12 bits per heavy atom. The van der Waals surface area contributed by atoms with Gasteiger partial charge in [-0.1, -0.05) is 12.1 Å². The standard InChI is InChI=1S/C19H21N3O2/c1-24-18-4-2-3-16(15-18)5-6-19(23)22-13-11-21(12-14-22)17-7-9-20-10-8-17/h2-10,15H,11-14H2,1H3/b6-5-. The molecule has 0 radical (unpaired) electrons. The summed E-state index contributed by atoms with van der Waals surface area (Å²) < 4.78 is 5.19. The van der Waals surface area contributed by atoms with E-state index in [1.807, 2.05) is 47.4 Å². The Morgan fingerprint density at radius 3 is 2.58 bits per heavy atom. The van der Waals surface area contributed by atoms with E-state index in [2.05, 4.69) is 9.88 Å². The maximum atomic E-state index is 12.3. The van der Waals surface area contributed by atoms with Gasteiger partial charge in [-0.3, -0.25) is 9.78 Å². The Balaban J connectivity index is 1.56. The zero-order chi connectivity index (χ0) is 16.8. The molecule has 0 unspecified atom stereocenters. The Morgan fingerprint density at radius 2 is 1.88 bits per heavy atom. The number of piperazine rings is 1. The van der Waals surface area contributed by atoms with Gasteiger partial charge in [0.25, 0.3) is 0 Å². The first kappa shape index (κ1) is 16.1. The van der Waals surface area contributed by atoms with Crippen LogP contribution in [0.4, 0.5) is 5.69 Å². The molecule has 1 aromatic heterocycles. The third-order valence-corrected chi connectivity index (χ3v) is 4.13. The molecule has 0 N–H and O–H groups in total. The zero-order valence-corrected chi connectivity index (χ0v) is 13.8. The van der Waals surface area contributed by atoms with Crippen LogP contribution in [0.25, 0.3) is 6.08 Å². The lowest BCUT2D eigenvalue weighted by Crippen LogP contribution is -2.48. The molecule has 0 bridgehead atoms. The number of aromatic nitrogens is 1. The smallest absolute Gasteiger partial charge is 0.246 e. The maximum Gasteiger partial charge on any atom is 0.246 e. The Kier molecular flexibility index (Phi) is 5.11. The number of benzene rings is 1. The summed E-state index contributed by atoms with van der Waals surface area (Å²) in [6.07, 6.45) is 7.06. The van der Waals surface area contributed by atoms with Crippen molar-refractivity contribution in [1.82, 2.24) is 9.88 Å². The molecule has 1 aromatic carbocycles. The lowest BCUT2D eigenvalue weighted by atomic mass is 10.2. The van der Waals surface area contributed by atoms with Gasteiger partial charge in [-0.15, -0.1) is 0 Å². The minimum atomic E-state index is 0.0483. The van der Waals surface area contributed by atoms with Crippen LogP contribution in [0.2, 0.25) is 0 Å². The van der Waals surface area contributed by atoms with Crippen molar-refractivity contribution in [3.05, 3.63) is 60.4 Å². The number of carbonyl (C=O) groups excluding carboxylic acids is 1. The molecule has 1 amide bonds. The van der Waals surface area contributed by atoms with Gasteiger partial charge in [0, 0.05) is 50.3 Å². The third-order valence-electron chi connectivity index (χ3n) is 4.13. The average Bonchev–Trinajstić information content (AvgIpc) is 2.67. The topological polar surface area (TPSA) is 45.7 Å². The normalized spacial score (nSPS) is 14.9. The molecule has 1 aliphatic heterocycles. The van der Waals surface area contributed by atoms with E-state index in [9.17, 15) is 4.79 Å². The Labute approximate surface area is 142 Å². The molecule has 5 nitrogen and oxygen atoms in total. The molecule has 124 valence electrons. The van der Waals surface area contributed by atoms with Gasteiger partial charge >= 0.3 is 0 Å². The molecule has 24 heavy (non-hydrogen) atoms. The number of carbonyl (C=O) groups is 1. The largest absolute Gasteiger partial charge is 0.497 e. The minimum Gasteiger partial charge on any atom is -0.497 e. The fraction of sp³-hybridized carbons (Fsp3) is 0.263. The van der Waals surface area contributed by atoms with Crippen LogP contribution in [-0.2, 0) is 4.79 Å². The van der Waals surface area contributed by atoms with Crippen LogP contribution in [0, 0.1) is 0 Å². The molecule has 0 aliphatic carbocycles. The lowest BCUT2D eigenvalue weighted by molar-refractivity contribution is -0.126. The molecule has 2 heterocycles. The number of hydrogen-bond donors (Lipinski definition) is 0. The summed E-state index contributed by atoms with van der Waals surface area (Å²) in [6, 6.07) is 11.7. The van der Waals surface area contributed by atoms with Gasteiger partial charge in [0.05, 0.1) is 7.11 Å². The number of nitrogens with zero attached hydrogens (tertiary/aromatic N) is 3. The second-order valence-electron chi connectivity index (χ2n) is 5.63. The van der Waals surface area contributed by atoms with Crippen LogP contribution in [0.3, 0.4) is 0 Å². The molecule has 1 saturated heterocycles. The first-order chi connectivity index (χ1) is 11.8. The first-order valence-electron chi connectivity index (χ1n) is 8.02. The maximum absolute atomic E-state index is 12.3. The molecule has 5 heteroatoms. The van der Waals surface area contributed by atoms with Crippen molar-refractivity contribution in [2.45, 2.75) is 0 Å². The number of rotatable bonds is 4. The van der Waals surface area contributed by atoms with E-state index in [0.717, 1.165) is 43.2 Å². The lowest BCUT2D eigenvalue weighted by Gasteiger charge is -2.35. The van der Waals surface area contributed by atoms with Crippen LogP contribution >= 0.6 is 0 Å². The average molecular weight is 323 g/mol. The first-order valence-corrected chi connectivity index (χ1v) is 8.02. The van der Waals surface area contributed by atoms with E-state index in [0.29, 0.717) is 0 Å². The van der Waals surface area contributed by atoms with E-state index in [1.165, 1.54) is 0 Å². The molecule has 0 saturated carbocycles. The van der Waals surface area contributed by atoms with Gasteiger partial charge in [0.15, 0.2) is 0 Å². The third kappa shape index (κ3) is 3.93. The fourth-order valence-corrected chi connectivity index (χ4v) is 2.76. The number of ether oxygens (including phenoxy) is 1. The molecule has 1 aliphatic rings. The highest BCUT2D eigenvalue weighted by molar-refractivity contribution is 5.92. The van der Waals surface area contributed by atoms with Crippen LogP contribution in [0.5, 0.6) is 5.75 Å². The van der Waals surface area contributed by atoms with Crippen molar-refractivity contribution in [1.29, 1.82) is 0 Å². The van der Waals surface area contributed by atoms with E-state index in [-0.39, 0.29) is 5.91 Å². The quantitative estimate of drug-likeness (QED) is 0.811. The number of hydrogen-bond acceptors (Lipinski definition) is 4. The minimum absolute atomic E-state index is 0.0483. The van der Waals surface area contributed by atoms with E-state index in [1.54, 1.807) is 25.6 Å². The molecule has 0 atom stereocenters. The molecule has 3 rings (SSSR count). The molecule has 2 aromatic rings. The van der Waals surface area contributed by atoms with Crippen LogP contribution < -0.4 is 9.64 Å². The predicted molar refractivity (Wildman–Crippen MR) is 95.1 cm³/mol. The number of methoxy groups -OCH3 is 1. The summed E-state index contributed by atoms with van der Waals surface area (Å²) in [5.74, 6) is 0.836. The summed E-state index contributed by atoms with van der Waals surface area (Å²) in [5, 5.41) is 0. The molecule has 0 spiro atoms. The van der Waals surface area contributed by atoms with Crippen molar-refractivity contribution in [3.8, 4) is 5.75 Å².